The minimum absolute atomic E-state index is 0.213. The predicted molar refractivity (Wildman–Crippen MR) is 119 cm³/mol. The maximum Gasteiger partial charge on any atom is 0.123 e. The van der Waals surface area contributed by atoms with Gasteiger partial charge in [-0.15, -0.1) is 0 Å². The summed E-state index contributed by atoms with van der Waals surface area (Å²) >= 11 is 0. The van der Waals surface area contributed by atoms with Crippen LogP contribution in [0.5, 0.6) is 0 Å². The summed E-state index contributed by atoms with van der Waals surface area (Å²) in [5.74, 6) is 8.85. The topological polar surface area (TPSA) is 0 Å². The van der Waals surface area contributed by atoms with Crippen molar-refractivity contribution in [3.05, 3.63) is 70.5 Å². The molecule has 2 aliphatic rings. The van der Waals surface area contributed by atoms with Crippen molar-refractivity contribution in [2.45, 2.75) is 77.0 Å². The standard InChI is InChI=1S/C28H33F/c1-2-3-4-5-6-22-11-17-27-24(19-22)13-14-25-20-23(12-18-28(25)27)8-7-21-9-15-26(29)16-10-21/h9-10,12,15-16,18,20,22,24,27H,2-6,11,13-14,17,19H2,1H3. The molecule has 1 saturated carbocycles. The molecular formula is C28H33F. The van der Waals surface area contributed by atoms with Gasteiger partial charge in [0.1, 0.15) is 5.82 Å². The lowest BCUT2D eigenvalue weighted by Gasteiger charge is -2.40. The van der Waals surface area contributed by atoms with Crippen LogP contribution < -0.4 is 0 Å². The molecule has 2 aromatic carbocycles. The fourth-order valence-electron chi connectivity index (χ4n) is 5.49. The van der Waals surface area contributed by atoms with Gasteiger partial charge in [0.25, 0.3) is 0 Å². The molecule has 152 valence electrons. The first-order valence-corrected chi connectivity index (χ1v) is 11.6. The molecule has 3 atom stereocenters. The molecule has 2 aromatic rings. The molecule has 1 heteroatoms. The molecule has 4 rings (SSSR count). The predicted octanol–water partition coefficient (Wildman–Crippen LogP) is 7.64. The van der Waals surface area contributed by atoms with Crippen LogP contribution in [0.15, 0.2) is 42.5 Å². The highest BCUT2D eigenvalue weighted by atomic mass is 19.1. The summed E-state index contributed by atoms with van der Waals surface area (Å²) in [5.41, 5.74) is 5.05. The SMILES string of the molecule is CCCCCCC1CCC2c3ccc(C#Cc4ccc(F)cc4)cc3CCC2C1. The first-order valence-electron chi connectivity index (χ1n) is 11.6. The summed E-state index contributed by atoms with van der Waals surface area (Å²) in [7, 11) is 0. The van der Waals surface area contributed by atoms with E-state index < -0.39 is 0 Å². The normalized spacial score (nSPS) is 22.9. The van der Waals surface area contributed by atoms with E-state index in [0.717, 1.165) is 28.9 Å². The van der Waals surface area contributed by atoms with Crippen LogP contribution in [0.4, 0.5) is 4.39 Å². The van der Waals surface area contributed by atoms with Crippen molar-refractivity contribution in [3.8, 4) is 11.8 Å². The summed E-state index contributed by atoms with van der Waals surface area (Å²) in [4.78, 5) is 0. The Hall–Kier alpha value is -2.07. The zero-order valence-corrected chi connectivity index (χ0v) is 17.7. The molecule has 3 unspecified atom stereocenters. The van der Waals surface area contributed by atoms with Crippen LogP contribution in [0.3, 0.4) is 0 Å². The van der Waals surface area contributed by atoms with Crippen molar-refractivity contribution in [1.82, 2.24) is 0 Å². The number of hydrogen-bond acceptors (Lipinski definition) is 0. The quantitative estimate of drug-likeness (QED) is 0.364. The second-order valence-electron chi connectivity index (χ2n) is 9.10. The minimum Gasteiger partial charge on any atom is -0.207 e. The van der Waals surface area contributed by atoms with Gasteiger partial charge in [-0.2, -0.15) is 0 Å². The molecule has 0 aromatic heterocycles. The third kappa shape index (κ3) is 5.11. The van der Waals surface area contributed by atoms with E-state index in [4.69, 9.17) is 0 Å². The minimum atomic E-state index is -0.213. The van der Waals surface area contributed by atoms with Crippen molar-refractivity contribution in [2.75, 3.05) is 0 Å². The van der Waals surface area contributed by atoms with E-state index in [9.17, 15) is 4.39 Å². The third-order valence-electron chi connectivity index (χ3n) is 7.08. The van der Waals surface area contributed by atoms with Gasteiger partial charge in [0.15, 0.2) is 0 Å². The van der Waals surface area contributed by atoms with E-state index in [0.29, 0.717) is 0 Å². The number of rotatable bonds is 5. The molecule has 2 aliphatic carbocycles. The Bertz CT molecular complexity index is 867. The van der Waals surface area contributed by atoms with Crippen molar-refractivity contribution in [3.63, 3.8) is 0 Å². The monoisotopic (exact) mass is 388 g/mol. The maximum atomic E-state index is 13.0. The molecule has 0 nitrogen and oxygen atoms in total. The summed E-state index contributed by atoms with van der Waals surface area (Å²) in [6, 6.07) is 13.3. The summed E-state index contributed by atoms with van der Waals surface area (Å²) in [6.07, 6.45) is 13.8. The van der Waals surface area contributed by atoms with Gasteiger partial charge >= 0.3 is 0 Å². The lowest BCUT2D eigenvalue weighted by molar-refractivity contribution is 0.199. The van der Waals surface area contributed by atoms with Crippen molar-refractivity contribution in [1.29, 1.82) is 0 Å². The maximum absolute atomic E-state index is 13.0. The van der Waals surface area contributed by atoms with Gasteiger partial charge in [0.05, 0.1) is 0 Å². The van der Waals surface area contributed by atoms with Gasteiger partial charge in [0.2, 0.25) is 0 Å². The van der Waals surface area contributed by atoms with Crippen molar-refractivity contribution >= 4 is 0 Å². The van der Waals surface area contributed by atoms with Crippen molar-refractivity contribution in [2.24, 2.45) is 11.8 Å². The van der Waals surface area contributed by atoms with Crippen LogP contribution in [0.2, 0.25) is 0 Å². The molecule has 0 aliphatic heterocycles. The zero-order valence-electron chi connectivity index (χ0n) is 17.7. The Kier molecular flexibility index (Phi) is 6.70. The number of halogens is 1. The molecule has 0 bridgehead atoms. The summed E-state index contributed by atoms with van der Waals surface area (Å²) in [5, 5.41) is 0. The van der Waals surface area contributed by atoms with Gasteiger partial charge < -0.3 is 0 Å². The number of hydrogen-bond donors (Lipinski definition) is 0. The van der Waals surface area contributed by atoms with E-state index >= 15 is 0 Å². The average Bonchev–Trinajstić information content (AvgIpc) is 2.76. The highest BCUT2D eigenvalue weighted by molar-refractivity contribution is 5.47. The second kappa shape index (κ2) is 9.62. The smallest absolute Gasteiger partial charge is 0.123 e. The number of fused-ring (bicyclic) bond motifs is 3. The van der Waals surface area contributed by atoms with E-state index in [1.807, 2.05) is 0 Å². The van der Waals surface area contributed by atoms with Gasteiger partial charge in [-0.3, -0.25) is 0 Å². The number of unbranched alkanes of at least 4 members (excludes halogenated alkanes) is 3. The van der Waals surface area contributed by atoms with Gasteiger partial charge in [0, 0.05) is 11.1 Å². The Morgan fingerprint density at radius 3 is 2.52 bits per heavy atom. The molecule has 0 radical (unpaired) electrons. The molecular weight excluding hydrogens is 355 g/mol. The van der Waals surface area contributed by atoms with Crippen LogP contribution >= 0.6 is 0 Å². The molecule has 0 N–H and O–H groups in total. The first-order chi connectivity index (χ1) is 14.2. The molecule has 1 fully saturated rings. The zero-order chi connectivity index (χ0) is 20.1. The highest BCUT2D eigenvalue weighted by Crippen LogP contribution is 2.48. The molecule has 29 heavy (non-hydrogen) atoms. The molecule has 0 amide bonds. The van der Waals surface area contributed by atoms with Crippen LogP contribution in [0.1, 0.15) is 92.9 Å². The Labute approximate surface area is 175 Å². The Morgan fingerprint density at radius 1 is 0.897 bits per heavy atom. The van der Waals surface area contributed by atoms with Crippen LogP contribution in [-0.4, -0.2) is 0 Å². The number of benzene rings is 2. The highest BCUT2D eigenvalue weighted by Gasteiger charge is 2.34. The lowest BCUT2D eigenvalue weighted by atomic mass is 9.64. The van der Waals surface area contributed by atoms with E-state index in [1.54, 1.807) is 17.7 Å². The third-order valence-corrected chi connectivity index (χ3v) is 7.08. The van der Waals surface area contributed by atoms with E-state index in [2.05, 4.69) is 37.0 Å². The molecule has 0 spiro atoms. The van der Waals surface area contributed by atoms with E-state index in [-0.39, 0.29) is 5.82 Å². The summed E-state index contributed by atoms with van der Waals surface area (Å²) in [6.45, 7) is 2.30. The fourth-order valence-corrected chi connectivity index (χ4v) is 5.49. The fraction of sp³-hybridized carbons (Fsp3) is 0.500. The van der Waals surface area contributed by atoms with E-state index in [1.165, 1.54) is 81.9 Å². The van der Waals surface area contributed by atoms with Crippen LogP contribution in [0, 0.1) is 29.5 Å². The Balaban J connectivity index is 1.40. The molecule has 0 heterocycles. The van der Waals surface area contributed by atoms with Crippen LogP contribution in [0.25, 0.3) is 0 Å². The summed E-state index contributed by atoms with van der Waals surface area (Å²) < 4.78 is 13.0. The molecule has 0 saturated heterocycles. The number of aryl methyl sites for hydroxylation is 1. The van der Waals surface area contributed by atoms with Crippen molar-refractivity contribution < 1.29 is 4.39 Å². The van der Waals surface area contributed by atoms with Gasteiger partial charge in [-0.05, 0) is 97.4 Å². The Morgan fingerprint density at radius 2 is 1.69 bits per heavy atom. The van der Waals surface area contributed by atoms with Crippen LogP contribution in [-0.2, 0) is 6.42 Å². The average molecular weight is 389 g/mol. The van der Waals surface area contributed by atoms with Gasteiger partial charge in [-0.1, -0.05) is 56.9 Å². The largest absolute Gasteiger partial charge is 0.207 e. The lowest BCUT2D eigenvalue weighted by Crippen LogP contribution is -2.28. The first kappa shape index (κ1) is 20.2. The second-order valence-corrected chi connectivity index (χ2v) is 9.10. The van der Waals surface area contributed by atoms with Gasteiger partial charge in [-0.25, -0.2) is 4.39 Å².